The Labute approximate surface area is 76.2 Å². The second-order valence-corrected chi connectivity index (χ2v) is 3.67. The maximum Gasteiger partial charge on any atom is 0.314 e. The Morgan fingerprint density at radius 2 is 2.54 bits per heavy atom. The van der Waals surface area contributed by atoms with Gasteiger partial charge >= 0.3 is 5.97 Å². The summed E-state index contributed by atoms with van der Waals surface area (Å²) in [6, 6.07) is 0. The fraction of sp³-hybridized carbons (Fsp3) is 0.556. The molecular weight excluding hydrogens is 168 g/mol. The molecule has 1 aromatic rings. The van der Waals surface area contributed by atoms with Crippen molar-refractivity contribution in [3.63, 3.8) is 0 Å². The van der Waals surface area contributed by atoms with Gasteiger partial charge in [-0.1, -0.05) is 6.92 Å². The van der Waals surface area contributed by atoms with Crippen LogP contribution >= 0.6 is 0 Å². The summed E-state index contributed by atoms with van der Waals surface area (Å²) in [7, 11) is 0. The highest BCUT2D eigenvalue weighted by Crippen LogP contribution is 2.29. The molecule has 2 atom stereocenters. The van der Waals surface area contributed by atoms with Crippen LogP contribution in [0.4, 0.5) is 0 Å². The second-order valence-electron chi connectivity index (χ2n) is 3.67. The van der Waals surface area contributed by atoms with Gasteiger partial charge in [-0.25, -0.2) is 4.98 Å². The largest absolute Gasteiger partial charge is 0.481 e. The first kappa shape index (κ1) is 8.29. The third-order valence-electron chi connectivity index (χ3n) is 2.50. The molecule has 0 saturated carbocycles. The fourth-order valence-electron chi connectivity index (χ4n) is 1.91. The molecule has 4 heteroatoms. The zero-order valence-electron chi connectivity index (χ0n) is 7.47. The Morgan fingerprint density at radius 1 is 1.77 bits per heavy atom. The smallest absolute Gasteiger partial charge is 0.314 e. The van der Waals surface area contributed by atoms with Crippen LogP contribution in [0.1, 0.15) is 25.1 Å². The number of aromatic nitrogens is 2. The van der Waals surface area contributed by atoms with Gasteiger partial charge in [0.25, 0.3) is 0 Å². The summed E-state index contributed by atoms with van der Waals surface area (Å²) < 4.78 is 1.94. The number of rotatable bonds is 1. The number of hydrogen-bond donors (Lipinski definition) is 1. The van der Waals surface area contributed by atoms with E-state index in [9.17, 15) is 4.79 Å². The van der Waals surface area contributed by atoms with Gasteiger partial charge in [-0.3, -0.25) is 4.79 Å². The summed E-state index contributed by atoms with van der Waals surface area (Å²) in [5.41, 5.74) is 0. The van der Waals surface area contributed by atoms with E-state index in [0.717, 1.165) is 6.54 Å². The van der Waals surface area contributed by atoms with Crippen LogP contribution in [0.2, 0.25) is 0 Å². The minimum absolute atomic E-state index is 0.418. The van der Waals surface area contributed by atoms with Crippen LogP contribution in [0.5, 0.6) is 0 Å². The predicted octanol–water partition coefficient (Wildman–Crippen LogP) is 1.09. The topological polar surface area (TPSA) is 55.1 Å². The molecule has 0 bridgehead atoms. The molecule has 2 rings (SSSR count). The minimum atomic E-state index is -0.765. The summed E-state index contributed by atoms with van der Waals surface area (Å²) >= 11 is 0. The Hall–Kier alpha value is -1.32. The van der Waals surface area contributed by atoms with E-state index in [2.05, 4.69) is 11.9 Å². The zero-order valence-corrected chi connectivity index (χ0v) is 7.47. The summed E-state index contributed by atoms with van der Waals surface area (Å²) in [4.78, 5) is 15.0. The lowest BCUT2D eigenvalue weighted by Gasteiger charge is -2.25. The summed E-state index contributed by atoms with van der Waals surface area (Å²) in [5.74, 6) is -0.0637. The summed E-state index contributed by atoms with van der Waals surface area (Å²) in [6.07, 6.45) is 4.22. The monoisotopic (exact) mass is 180 g/mol. The van der Waals surface area contributed by atoms with Crippen LogP contribution < -0.4 is 0 Å². The number of carbonyl (C=O) groups is 1. The summed E-state index contributed by atoms with van der Waals surface area (Å²) in [6.45, 7) is 2.96. The molecule has 1 aliphatic heterocycles. The van der Waals surface area contributed by atoms with E-state index in [1.807, 2.05) is 10.8 Å². The first-order valence-corrected chi connectivity index (χ1v) is 4.42. The first-order valence-electron chi connectivity index (χ1n) is 4.42. The molecule has 1 aromatic heterocycles. The molecule has 2 heterocycles. The van der Waals surface area contributed by atoms with E-state index in [1.165, 1.54) is 0 Å². The highest BCUT2D eigenvalue weighted by atomic mass is 16.4. The zero-order chi connectivity index (χ0) is 9.42. The normalized spacial score (nSPS) is 26.8. The number of hydrogen-bond acceptors (Lipinski definition) is 2. The molecule has 0 spiro atoms. The highest BCUT2D eigenvalue weighted by molar-refractivity contribution is 5.75. The average molecular weight is 180 g/mol. The molecular formula is C9H12N2O2. The third-order valence-corrected chi connectivity index (χ3v) is 2.50. The third kappa shape index (κ3) is 1.32. The van der Waals surface area contributed by atoms with Crippen molar-refractivity contribution in [2.24, 2.45) is 5.92 Å². The van der Waals surface area contributed by atoms with Crippen molar-refractivity contribution in [2.75, 3.05) is 0 Å². The molecule has 0 fully saturated rings. The predicted molar refractivity (Wildman–Crippen MR) is 46.4 cm³/mol. The van der Waals surface area contributed by atoms with Crippen LogP contribution in [-0.2, 0) is 11.3 Å². The van der Waals surface area contributed by atoms with Gasteiger partial charge in [-0.15, -0.1) is 0 Å². The molecule has 4 nitrogen and oxygen atoms in total. The van der Waals surface area contributed by atoms with Gasteiger partial charge in [0.15, 0.2) is 0 Å². The van der Waals surface area contributed by atoms with Gasteiger partial charge in [0.05, 0.1) is 0 Å². The molecule has 1 N–H and O–H groups in total. The Morgan fingerprint density at radius 3 is 3.23 bits per heavy atom. The Kier molecular flexibility index (Phi) is 1.83. The first-order chi connectivity index (χ1) is 6.18. The molecule has 0 aliphatic carbocycles. The van der Waals surface area contributed by atoms with Crippen molar-refractivity contribution >= 4 is 5.97 Å². The van der Waals surface area contributed by atoms with Crippen LogP contribution in [-0.4, -0.2) is 20.6 Å². The number of carboxylic acids is 1. The maximum atomic E-state index is 10.9. The van der Waals surface area contributed by atoms with Gasteiger partial charge in [-0.05, 0) is 12.3 Å². The van der Waals surface area contributed by atoms with Crippen LogP contribution in [0, 0.1) is 5.92 Å². The summed E-state index contributed by atoms with van der Waals surface area (Å²) in [5, 5.41) is 8.97. The van der Waals surface area contributed by atoms with Gasteiger partial charge in [0.1, 0.15) is 11.7 Å². The van der Waals surface area contributed by atoms with Crippen LogP contribution in [0.3, 0.4) is 0 Å². The number of aliphatic carboxylic acids is 1. The van der Waals surface area contributed by atoms with Crippen molar-refractivity contribution < 1.29 is 9.90 Å². The quantitative estimate of drug-likeness (QED) is 0.703. The number of fused-ring (bicyclic) bond motifs is 1. The molecule has 0 radical (unpaired) electrons. The molecule has 0 amide bonds. The Bertz CT molecular complexity index is 332. The molecule has 1 aliphatic rings. The van der Waals surface area contributed by atoms with E-state index in [0.29, 0.717) is 18.2 Å². The molecule has 0 unspecified atom stereocenters. The van der Waals surface area contributed by atoms with E-state index in [4.69, 9.17) is 5.11 Å². The fourth-order valence-corrected chi connectivity index (χ4v) is 1.91. The highest BCUT2D eigenvalue weighted by Gasteiger charge is 2.30. The van der Waals surface area contributed by atoms with E-state index in [-0.39, 0.29) is 0 Å². The van der Waals surface area contributed by atoms with Crippen LogP contribution in [0.15, 0.2) is 12.4 Å². The van der Waals surface area contributed by atoms with Gasteiger partial charge in [0.2, 0.25) is 0 Å². The number of nitrogens with zero attached hydrogens (tertiary/aromatic N) is 2. The molecule has 70 valence electrons. The van der Waals surface area contributed by atoms with Crippen molar-refractivity contribution in [3.8, 4) is 0 Å². The standard InChI is InChI=1S/C9H12N2O2/c1-6-4-7(9(12)13)8-10-2-3-11(8)5-6/h2-3,6-7H,4-5H2,1H3,(H,12,13)/t6-,7+/m0/s1. The lowest BCUT2D eigenvalue weighted by molar-refractivity contribution is -0.139. The van der Waals surface area contributed by atoms with Crippen LogP contribution in [0.25, 0.3) is 0 Å². The van der Waals surface area contributed by atoms with E-state index < -0.39 is 11.9 Å². The van der Waals surface area contributed by atoms with Crippen molar-refractivity contribution in [3.05, 3.63) is 18.2 Å². The second kappa shape index (κ2) is 2.87. The lowest BCUT2D eigenvalue weighted by Crippen LogP contribution is -2.26. The SMILES string of the molecule is C[C@H]1C[C@@H](C(=O)O)c2nccn2C1. The van der Waals surface area contributed by atoms with Crippen molar-refractivity contribution in [2.45, 2.75) is 25.8 Å². The molecule has 13 heavy (non-hydrogen) atoms. The lowest BCUT2D eigenvalue weighted by atomic mass is 9.91. The molecule has 0 saturated heterocycles. The Balaban J connectivity index is 2.38. The van der Waals surface area contributed by atoms with Crippen molar-refractivity contribution in [1.29, 1.82) is 0 Å². The van der Waals surface area contributed by atoms with Gasteiger partial charge < -0.3 is 9.67 Å². The minimum Gasteiger partial charge on any atom is -0.481 e. The number of imidazole rings is 1. The van der Waals surface area contributed by atoms with Crippen molar-refractivity contribution in [1.82, 2.24) is 9.55 Å². The van der Waals surface area contributed by atoms with Gasteiger partial charge in [-0.2, -0.15) is 0 Å². The molecule has 0 aromatic carbocycles. The average Bonchev–Trinajstić information content (AvgIpc) is 2.49. The number of carboxylic acid groups (broad SMARTS) is 1. The van der Waals surface area contributed by atoms with E-state index in [1.54, 1.807) is 6.20 Å². The maximum absolute atomic E-state index is 10.9. The van der Waals surface area contributed by atoms with E-state index >= 15 is 0 Å². The van der Waals surface area contributed by atoms with Gasteiger partial charge in [0, 0.05) is 18.9 Å².